The standard InChI is InChI=1S/C13H25NO.C8H6ClN.C8H8F2/c1-5-10(4)11-8-13(15)14(9-11)12(6-2)7-3;1-6-2-3-7(5-10)8(9)4-6;1-2-6-3-4-7(9)5-8(6)10/h10-12H,5-9H2,1-4H3;2-4H,1H3;3-5H,2H2,1H3. The monoisotopic (exact) mass is 504 g/mol. The van der Waals surface area contributed by atoms with Crippen LogP contribution in [0.25, 0.3) is 0 Å². The first-order valence-electron chi connectivity index (χ1n) is 12.5. The van der Waals surface area contributed by atoms with Crippen molar-refractivity contribution >= 4 is 17.5 Å². The maximum Gasteiger partial charge on any atom is 0.223 e. The summed E-state index contributed by atoms with van der Waals surface area (Å²) in [4.78, 5) is 14.0. The molecular weight excluding hydrogens is 466 g/mol. The normalized spacial score (nSPS) is 15.6. The lowest BCUT2D eigenvalue weighted by Gasteiger charge is -2.27. The Labute approximate surface area is 215 Å². The highest BCUT2D eigenvalue weighted by atomic mass is 35.5. The summed E-state index contributed by atoms with van der Waals surface area (Å²) >= 11 is 5.71. The number of benzene rings is 2. The van der Waals surface area contributed by atoms with E-state index in [1.54, 1.807) is 12.1 Å². The predicted octanol–water partition coefficient (Wildman–Crippen LogP) is 8.12. The number of aryl methyl sites for hydroxylation is 2. The molecule has 0 N–H and O–H groups in total. The van der Waals surface area contributed by atoms with Gasteiger partial charge in [0.2, 0.25) is 5.91 Å². The van der Waals surface area contributed by atoms with Crippen LogP contribution in [0.1, 0.15) is 77.0 Å². The summed E-state index contributed by atoms with van der Waals surface area (Å²) in [5, 5.41) is 9.00. The van der Waals surface area contributed by atoms with Gasteiger partial charge in [-0.3, -0.25) is 4.79 Å². The van der Waals surface area contributed by atoms with Crippen LogP contribution in [0.5, 0.6) is 0 Å². The van der Waals surface area contributed by atoms with Crippen molar-refractivity contribution in [1.82, 2.24) is 4.90 Å². The maximum atomic E-state index is 12.6. The van der Waals surface area contributed by atoms with E-state index < -0.39 is 11.6 Å². The molecule has 2 atom stereocenters. The van der Waals surface area contributed by atoms with Gasteiger partial charge in [0.15, 0.2) is 0 Å². The van der Waals surface area contributed by atoms with Gasteiger partial charge in [-0.15, -0.1) is 0 Å². The number of carbonyl (C=O) groups is 1. The van der Waals surface area contributed by atoms with Crippen LogP contribution in [-0.4, -0.2) is 23.4 Å². The van der Waals surface area contributed by atoms with E-state index in [9.17, 15) is 13.6 Å². The van der Waals surface area contributed by atoms with Crippen LogP contribution in [0, 0.1) is 41.7 Å². The fourth-order valence-corrected chi connectivity index (χ4v) is 4.35. The molecule has 1 saturated heterocycles. The molecule has 1 aliphatic heterocycles. The van der Waals surface area contributed by atoms with Gasteiger partial charge in [-0.1, -0.05) is 64.8 Å². The predicted molar refractivity (Wildman–Crippen MR) is 140 cm³/mol. The first-order chi connectivity index (χ1) is 16.6. The van der Waals surface area contributed by atoms with Gasteiger partial charge in [0.1, 0.15) is 17.7 Å². The Hall–Kier alpha value is -2.45. The zero-order chi connectivity index (χ0) is 26.5. The molecule has 192 valence electrons. The van der Waals surface area contributed by atoms with E-state index in [0.29, 0.717) is 46.4 Å². The summed E-state index contributed by atoms with van der Waals surface area (Å²) in [6.07, 6.45) is 4.76. The number of carbonyl (C=O) groups excluding carboxylic acids is 1. The molecule has 6 heteroatoms. The molecule has 0 saturated carbocycles. The van der Waals surface area contributed by atoms with Crippen LogP contribution < -0.4 is 0 Å². The number of hydrogen-bond acceptors (Lipinski definition) is 2. The molecule has 1 amide bonds. The molecule has 2 aromatic carbocycles. The van der Waals surface area contributed by atoms with Gasteiger partial charge in [0.05, 0.1) is 10.6 Å². The first-order valence-corrected chi connectivity index (χ1v) is 12.9. The molecule has 1 aliphatic rings. The lowest BCUT2D eigenvalue weighted by molar-refractivity contribution is -0.129. The summed E-state index contributed by atoms with van der Waals surface area (Å²) in [5.41, 5.74) is 2.16. The number of likely N-dealkylation sites (tertiary alicyclic amines) is 1. The zero-order valence-electron chi connectivity index (χ0n) is 21.9. The second-order valence-corrected chi connectivity index (χ2v) is 9.46. The highest BCUT2D eigenvalue weighted by Crippen LogP contribution is 2.29. The molecule has 3 rings (SSSR count). The van der Waals surface area contributed by atoms with E-state index in [4.69, 9.17) is 16.9 Å². The lowest BCUT2D eigenvalue weighted by atomic mass is 9.91. The number of hydrogen-bond donors (Lipinski definition) is 0. The van der Waals surface area contributed by atoms with Crippen LogP contribution in [0.2, 0.25) is 5.02 Å². The van der Waals surface area contributed by atoms with E-state index in [2.05, 4.69) is 32.6 Å². The second-order valence-electron chi connectivity index (χ2n) is 9.05. The Balaban J connectivity index is 0.000000271. The average Bonchev–Trinajstić information content (AvgIpc) is 3.22. The van der Waals surface area contributed by atoms with Gasteiger partial charge in [-0.2, -0.15) is 5.26 Å². The summed E-state index contributed by atoms with van der Waals surface area (Å²) in [6.45, 7) is 13.6. The number of amides is 1. The summed E-state index contributed by atoms with van der Waals surface area (Å²) < 4.78 is 24.9. The quantitative estimate of drug-likeness (QED) is 0.398. The molecule has 2 unspecified atom stereocenters. The van der Waals surface area contributed by atoms with Gasteiger partial charge in [0.25, 0.3) is 0 Å². The minimum Gasteiger partial charge on any atom is -0.339 e. The number of halogens is 3. The van der Waals surface area contributed by atoms with Crippen molar-refractivity contribution < 1.29 is 13.6 Å². The Morgan fingerprint density at radius 2 is 1.74 bits per heavy atom. The Kier molecular flexibility index (Phi) is 13.6. The SMILES string of the molecule is CCC(C)C1CC(=O)N(C(CC)CC)C1.CCc1ccc(F)cc1F.Cc1ccc(C#N)c(Cl)c1. The van der Waals surface area contributed by atoms with E-state index >= 15 is 0 Å². The van der Waals surface area contributed by atoms with Crippen LogP contribution in [0.4, 0.5) is 8.78 Å². The van der Waals surface area contributed by atoms with Gasteiger partial charge in [-0.25, -0.2) is 8.78 Å². The first kappa shape index (κ1) is 30.6. The lowest BCUT2D eigenvalue weighted by Crippen LogP contribution is -2.36. The van der Waals surface area contributed by atoms with Crippen molar-refractivity contribution in [2.75, 3.05) is 6.54 Å². The third-order valence-corrected chi connectivity index (χ3v) is 6.97. The third-order valence-electron chi connectivity index (χ3n) is 6.66. The highest BCUT2D eigenvalue weighted by molar-refractivity contribution is 6.31. The van der Waals surface area contributed by atoms with E-state index in [0.717, 1.165) is 37.4 Å². The molecule has 0 aromatic heterocycles. The molecular formula is C29H39ClF2N2O. The summed E-state index contributed by atoms with van der Waals surface area (Å²) in [6, 6.07) is 11.5. The van der Waals surface area contributed by atoms with Crippen molar-refractivity contribution in [2.24, 2.45) is 11.8 Å². The Morgan fingerprint density at radius 1 is 1.09 bits per heavy atom. The van der Waals surface area contributed by atoms with Crippen molar-refractivity contribution in [1.29, 1.82) is 5.26 Å². The minimum atomic E-state index is -0.519. The number of rotatable bonds is 6. The average molecular weight is 505 g/mol. The minimum absolute atomic E-state index is 0.383. The number of nitriles is 1. The molecule has 0 aliphatic carbocycles. The third kappa shape index (κ3) is 9.61. The fraction of sp³-hybridized carbons (Fsp3) is 0.517. The maximum absolute atomic E-state index is 12.6. The van der Waals surface area contributed by atoms with Crippen LogP contribution in [0.15, 0.2) is 36.4 Å². The molecule has 3 nitrogen and oxygen atoms in total. The van der Waals surface area contributed by atoms with E-state index in [1.807, 2.05) is 26.0 Å². The van der Waals surface area contributed by atoms with Crippen LogP contribution in [0.3, 0.4) is 0 Å². The van der Waals surface area contributed by atoms with Gasteiger partial charge < -0.3 is 4.90 Å². The molecule has 1 heterocycles. The van der Waals surface area contributed by atoms with Crippen molar-refractivity contribution in [2.45, 2.75) is 79.7 Å². The molecule has 0 spiro atoms. The summed E-state index contributed by atoms with van der Waals surface area (Å²) in [7, 11) is 0. The largest absolute Gasteiger partial charge is 0.339 e. The molecule has 0 bridgehead atoms. The van der Waals surface area contributed by atoms with Gasteiger partial charge in [0, 0.05) is 25.1 Å². The molecule has 0 radical (unpaired) electrons. The second kappa shape index (κ2) is 15.5. The summed E-state index contributed by atoms with van der Waals surface area (Å²) in [5.74, 6) is 0.697. The number of nitrogens with zero attached hydrogens (tertiary/aromatic N) is 2. The van der Waals surface area contributed by atoms with Crippen molar-refractivity contribution in [3.05, 3.63) is 69.7 Å². The molecule has 2 aromatic rings. The Bertz CT molecular complexity index is 985. The van der Waals surface area contributed by atoms with Gasteiger partial charge in [-0.05, 0) is 67.3 Å². The molecule has 35 heavy (non-hydrogen) atoms. The topological polar surface area (TPSA) is 44.1 Å². The van der Waals surface area contributed by atoms with Crippen LogP contribution in [-0.2, 0) is 11.2 Å². The zero-order valence-corrected chi connectivity index (χ0v) is 22.6. The van der Waals surface area contributed by atoms with E-state index in [-0.39, 0.29) is 0 Å². The van der Waals surface area contributed by atoms with Crippen molar-refractivity contribution in [3.8, 4) is 6.07 Å². The van der Waals surface area contributed by atoms with E-state index in [1.165, 1.54) is 18.6 Å². The highest BCUT2D eigenvalue weighted by Gasteiger charge is 2.34. The fourth-order valence-electron chi connectivity index (χ4n) is 4.08. The van der Waals surface area contributed by atoms with Gasteiger partial charge >= 0.3 is 0 Å². The Morgan fingerprint density at radius 3 is 2.23 bits per heavy atom. The smallest absolute Gasteiger partial charge is 0.223 e. The van der Waals surface area contributed by atoms with Crippen molar-refractivity contribution in [3.63, 3.8) is 0 Å². The van der Waals surface area contributed by atoms with Crippen LogP contribution >= 0.6 is 11.6 Å². The molecule has 1 fully saturated rings.